The molecular weight excluding hydrogens is 306 g/mol. The normalized spacial score (nSPS) is 18.7. The van der Waals surface area contributed by atoms with Crippen molar-refractivity contribution in [3.63, 3.8) is 0 Å². The molecular formula is C18H21N3O3. The molecule has 0 aliphatic carbocycles. The van der Waals surface area contributed by atoms with Crippen LogP contribution in [0.4, 0.5) is 0 Å². The highest BCUT2D eigenvalue weighted by Gasteiger charge is 2.28. The first-order valence-electron chi connectivity index (χ1n) is 8.15. The van der Waals surface area contributed by atoms with Gasteiger partial charge in [-0.3, -0.25) is 4.79 Å². The molecule has 24 heavy (non-hydrogen) atoms. The van der Waals surface area contributed by atoms with Gasteiger partial charge in [0.15, 0.2) is 6.10 Å². The Morgan fingerprint density at radius 2 is 2.12 bits per heavy atom. The van der Waals surface area contributed by atoms with Crippen LogP contribution in [0.1, 0.15) is 19.8 Å². The van der Waals surface area contributed by atoms with Crippen molar-refractivity contribution in [2.75, 3.05) is 13.1 Å². The van der Waals surface area contributed by atoms with Crippen LogP contribution in [0.2, 0.25) is 0 Å². The highest BCUT2D eigenvalue weighted by molar-refractivity contribution is 5.81. The second-order valence-corrected chi connectivity index (χ2v) is 5.79. The zero-order valence-electron chi connectivity index (χ0n) is 13.7. The fourth-order valence-electron chi connectivity index (χ4n) is 2.76. The molecule has 1 aliphatic rings. The minimum Gasteiger partial charge on any atom is -0.481 e. The average molecular weight is 327 g/mol. The molecule has 2 atom stereocenters. The topological polar surface area (TPSA) is 64.5 Å². The third-order valence-corrected chi connectivity index (χ3v) is 3.94. The van der Waals surface area contributed by atoms with Crippen molar-refractivity contribution in [3.8, 4) is 11.6 Å². The number of benzene rings is 1. The monoisotopic (exact) mass is 327 g/mol. The van der Waals surface area contributed by atoms with Crippen LogP contribution in [-0.4, -0.2) is 46.1 Å². The van der Waals surface area contributed by atoms with E-state index in [1.807, 2.05) is 35.2 Å². The van der Waals surface area contributed by atoms with E-state index < -0.39 is 6.10 Å². The van der Waals surface area contributed by atoms with Crippen molar-refractivity contribution < 1.29 is 14.3 Å². The molecule has 1 aromatic carbocycles. The van der Waals surface area contributed by atoms with E-state index in [1.165, 1.54) is 6.33 Å². The minimum atomic E-state index is -0.523. The summed E-state index contributed by atoms with van der Waals surface area (Å²) < 4.78 is 11.6. The van der Waals surface area contributed by atoms with E-state index in [-0.39, 0.29) is 12.0 Å². The fourth-order valence-corrected chi connectivity index (χ4v) is 2.76. The summed E-state index contributed by atoms with van der Waals surface area (Å²) in [5.41, 5.74) is 0. The van der Waals surface area contributed by atoms with Crippen LogP contribution in [0.5, 0.6) is 11.6 Å². The predicted octanol–water partition coefficient (Wildman–Crippen LogP) is 2.31. The molecule has 0 bridgehead atoms. The van der Waals surface area contributed by atoms with Gasteiger partial charge >= 0.3 is 0 Å². The molecule has 1 aromatic heterocycles. The molecule has 1 fully saturated rings. The van der Waals surface area contributed by atoms with E-state index >= 15 is 0 Å². The Morgan fingerprint density at radius 1 is 1.29 bits per heavy atom. The molecule has 1 amide bonds. The van der Waals surface area contributed by atoms with E-state index in [0.717, 1.165) is 19.4 Å². The second-order valence-electron chi connectivity index (χ2n) is 5.79. The number of piperidine rings is 1. The Morgan fingerprint density at radius 3 is 2.88 bits per heavy atom. The molecule has 0 N–H and O–H groups in total. The number of hydrogen-bond acceptors (Lipinski definition) is 5. The maximum Gasteiger partial charge on any atom is 0.263 e. The van der Waals surface area contributed by atoms with E-state index in [4.69, 9.17) is 9.47 Å². The number of carbonyl (C=O) groups is 1. The summed E-state index contributed by atoms with van der Waals surface area (Å²) in [6.07, 6.45) is 4.33. The maximum absolute atomic E-state index is 12.6. The lowest BCUT2D eigenvalue weighted by molar-refractivity contribution is -0.140. The molecule has 0 saturated carbocycles. The van der Waals surface area contributed by atoms with Crippen molar-refractivity contribution in [2.24, 2.45) is 0 Å². The smallest absolute Gasteiger partial charge is 0.263 e. The van der Waals surface area contributed by atoms with E-state index in [9.17, 15) is 4.79 Å². The molecule has 0 radical (unpaired) electrons. The summed E-state index contributed by atoms with van der Waals surface area (Å²) in [6, 6.07) is 11.1. The first-order chi connectivity index (χ1) is 11.7. The minimum absolute atomic E-state index is 0.0187. The Hall–Kier alpha value is -2.63. The van der Waals surface area contributed by atoms with Crippen molar-refractivity contribution in [1.29, 1.82) is 0 Å². The highest BCUT2D eigenvalue weighted by atomic mass is 16.5. The first-order valence-corrected chi connectivity index (χ1v) is 8.15. The number of hydrogen-bond donors (Lipinski definition) is 0. The third kappa shape index (κ3) is 4.22. The molecule has 126 valence electrons. The van der Waals surface area contributed by atoms with Crippen LogP contribution in [-0.2, 0) is 4.79 Å². The van der Waals surface area contributed by atoms with Crippen LogP contribution in [0.25, 0.3) is 0 Å². The number of aromatic nitrogens is 2. The number of amides is 1. The van der Waals surface area contributed by atoms with Gasteiger partial charge in [0, 0.05) is 18.8 Å². The average Bonchev–Trinajstić information content (AvgIpc) is 2.63. The maximum atomic E-state index is 12.6. The van der Waals surface area contributed by atoms with Gasteiger partial charge in [-0.1, -0.05) is 18.2 Å². The van der Waals surface area contributed by atoms with Gasteiger partial charge in [0.1, 0.15) is 18.2 Å². The number of para-hydroxylation sites is 1. The van der Waals surface area contributed by atoms with E-state index in [0.29, 0.717) is 18.2 Å². The van der Waals surface area contributed by atoms with Crippen LogP contribution >= 0.6 is 0 Å². The second kappa shape index (κ2) is 7.77. The number of carbonyl (C=O) groups excluding carboxylic acids is 1. The highest BCUT2D eigenvalue weighted by Crippen LogP contribution is 2.18. The summed E-state index contributed by atoms with van der Waals surface area (Å²) in [4.78, 5) is 22.4. The number of rotatable bonds is 5. The molecule has 6 nitrogen and oxygen atoms in total. The van der Waals surface area contributed by atoms with Crippen LogP contribution < -0.4 is 9.47 Å². The molecule has 1 saturated heterocycles. The molecule has 3 rings (SSSR count). The number of nitrogens with zero attached hydrogens (tertiary/aromatic N) is 3. The van der Waals surface area contributed by atoms with Gasteiger partial charge in [0.05, 0.1) is 6.54 Å². The van der Waals surface area contributed by atoms with Crippen molar-refractivity contribution in [1.82, 2.24) is 14.9 Å². The molecule has 6 heteroatoms. The Kier molecular flexibility index (Phi) is 5.25. The third-order valence-electron chi connectivity index (χ3n) is 3.94. The zero-order valence-corrected chi connectivity index (χ0v) is 13.7. The van der Waals surface area contributed by atoms with Crippen molar-refractivity contribution in [2.45, 2.75) is 32.0 Å². The largest absolute Gasteiger partial charge is 0.481 e. The van der Waals surface area contributed by atoms with Gasteiger partial charge in [-0.25, -0.2) is 9.97 Å². The van der Waals surface area contributed by atoms with Crippen LogP contribution in [0, 0.1) is 0 Å². The van der Waals surface area contributed by atoms with E-state index in [1.54, 1.807) is 19.2 Å². The molecule has 2 unspecified atom stereocenters. The van der Waals surface area contributed by atoms with Crippen LogP contribution in [0.15, 0.2) is 48.9 Å². The van der Waals surface area contributed by atoms with Gasteiger partial charge in [-0.05, 0) is 31.9 Å². The summed E-state index contributed by atoms with van der Waals surface area (Å²) in [7, 11) is 0. The lowest BCUT2D eigenvalue weighted by atomic mass is 10.1. The lowest BCUT2D eigenvalue weighted by Gasteiger charge is -2.34. The summed E-state index contributed by atoms with van der Waals surface area (Å²) in [6.45, 7) is 3.06. The van der Waals surface area contributed by atoms with Gasteiger partial charge in [0.2, 0.25) is 5.88 Å². The lowest BCUT2D eigenvalue weighted by Crippen LogP contribution is -2.48. The molecule has 2 aromatic rings. The Labute approximate surface area is 141 Å². The van der Waals surface area contributed by atoms with Gasteiger partial charge in [-0.15, -0.1) is 0 Å². The molecule has 0 spiro atoms. The van der Waals surface area contributed by atoms with Gasteiger partial charge < -0.3 is 14.4 Å². The van der Waals surface area contributed by atoms with Crippen molar-refractivity contribution >= 4 is 5.91 Å². The predicted molar refractivity (Wildman–Crippen MR) is 88.8 cm³/mol. The van der Waals surface area contributed by atoms with Gasteiger partial charge in [0.25, 0.3) is 5.91 Å². The Bertz CT molecular complexity index is 651. The quantitative estimate of drug-likeness (QED) is 0.843. The zero-order chi connectivity index (χ0) is 16.8. The standard InChI is InChI=1S/C18H21N3O3/c1-14(23-15-6-3-2-4-7-15)18(22)21-11-5-8-16(12-21)24-17-9-10-19-13-20-17/h2-4,6-7,9-10,13-14,16H,5,8,11-12H2,1H3. The number of likely N-dealkylation sites (tertiary alicyclic amines) is 1. The van der Waals surface area contributed by atoms with Gasteiger partial charge in [-0.2, -0.15) is 0 Å². The summed E-state index contributed by atoms with van der Waals surface area (Å²) in [5.74, 6) is 1.22. The van der Waals surface area contributed by atoms with Crippen LogP contribution in [0.3, 0.4) is 0 Å². The Balaban J connectivity index is 1.56. The van der Waals surface area contributed by atoms with Crippen molar-refractivity contribution in [3.05, 3.63) is 48.9 Å². The molecule has 1 aliphatic heterocycles. The first kappa shape index (κ1) is 16.2. The van der Waals surface area contributed by atoms with E-state index in [2.05, 4.69) is 9.97 Å². The SMILES string of the molecule is CC(Oc1ccccc1)C(=O)N1CCCC(Oc2ccncn2)C1. The molecule has 2 heterocycles. The summed E-state index contributed by atoms with van der Waals surface area (Å²) >= 11 is 0. The number of ether oxygens (including phenoxy) is 2. The fraction of sp³-hybridized carbons (Fsp3) is 0.389. The summed E-state index contributed by atoms with van der Waals surface area (Å²) in [5, 5.41) is 0.